The third kappa shape index (κ3) is 3.87. The molecule has 3 N–H and O–H groups in total. The molecule has 0 saturated carbocycles. The smallest absolute Gasteiger partial charge is 0.0922 e. The van der Waals surface area contributed by atoms with Gasteiger partial charge in [-0.15, -0.1) is 0 Å². The van der Waals surface area contributed by atoms with Crippen molar-refractivity contribution in [1.82, 2.24) is 5.32 Å². The van der Waals surface area contributed by atoms with Crippen molar-refractivity contribution in [3.63, 3.8) is 0 Å². The number of rotatable bonds is 7. The monoisotopic (exact) mass is 243 g/mol. The van der Waals surface area contributed by atoms with Gasteiger partial charge in [-0.25, -0.2) is 0 Å². The van der Waals surface area contributed by atoms with Crippen LogP contribution in [0.4, 0.5) is 0 Å². The first-order valence-electron chi connectivity index (χ1n) is 5.74. The van der Waals surface area contributed by atoms with Gasteiger partial charge in [-0.3, -0.25) is 0 Å². The van der Waals surface area contributed by atoms with Crippen LogP contribution in [0.5, 0.6) is 0 Å². The molecule has 1 aromatic rings. The molecule has 1 rings (SSSR count). The van der Waals surface area contributed by atoms with E-state index < -0.39 is 11.7 Å². The maximum absolute atomic E-state index is 10.0. The summed E-state index contributed by atoms with van der Waals surface area (Å²) in [7, 11) is 0. The van der Waals surface area contributed by atoms with Crippen LogP contribution in [-0.2, 0) is 0 Å². The SMILES string of the molecule is CCC(O)(CC)CNCC(O)c1ccsc1. The summed E-state index contributed by atoms with van der Waals surface area (Å²) in [5.41, 5.74) is 0.294. The summed E-state index contributed by atoms with van der Waals surface area (Å²) in [5, 5.41) is 26.9. The van der Waals surface area contributed by atoms with Crippen molar-refractivity contribution in [1.29, 1.82) is 0 Å². The number of hydrogen-bond donors (Lipinski definition) is 3. The van der Waals surface area contributed by atoms with E-state index in [0.29, 0.717) is 13.1 Å². The summed E-state index contributed by atoms with van der Waals surface area (Å²) in [4.78, 5) is 0. The maximum Gasteiger partial charge on any atom is 0.0922 e. The fraction of sp³-hybridized carbons (Fsp3) is 0.667. The third-order valence-electron chi connectivity index (χ3n) is 3.04. The van der Waals surface area contributed by atoms with Crippen molar-refractivity contribution in [3.8, 4) is 0 Å². The average molecular weight is 243 g/mol. The maximum atomic E-state index is 10.0. The first-order chi connectivity index (χ1) is 7.61. The lowest BCUT2D eigenvalue weighted by Crippen LogP contribution is -2.40. The van der Waals surface area contributed by atoms with Crippen LogP contribution in [0, 0.1) is 0 Å². The van der Waals surface area contributed by atoms with Gasteiger partial charge in [0.1, 0.15) is 0 Å². The van der Waals surface area contributed by atoms with Crippen molar-refractivity contribution in [2.24, 2.45) is 0 Å². The lowest BCUT2D eigenvalue weighted by molar-refractivity contribution is 0.0293. The van der Waals surface area contributed by atoms with Crippen LogP contribution in [0.3, 0.4) is 0 Å². The second kappa shape index (κ2) is 6.35. The summed E-state index contributed by atoms with van der Waals surface area (Å²) in [6.07, 6.45) is 0.972. The Labute approximate surface area is 101 Å². The molecule has 0 bridgehead atoms. The topological polar surface area (TPSA) is 52.5 Å². The van der Waals surface area contributed by atoms with Crippen molar-refractivity contribution < 1.29 is 10.2 Å². The zero-order valence-electron chi connectivity index (χ0n) is 9.94. The first-order valence-corrected chi connectivity index (χ1v) is 6.69. The molecule has 0 saturated heterocycles. The van der Waals surface area contributed by atoms with Crippen LogP contribution in [0.2, 0.25) is 0 Å². The molecule has 0 fully saturated rings. The lowest BCUT2D eigenvalue weighted by atomic mass is 9.97. The highest BCUT2D eigenvalue weighted by atomic mass is 32.1. The van der Waals surface area contributed by atoms with E-state index in [1.165, 1.54) is 0 Å². The van der Waals surface area contributed by atoms with Crippen molar-refractivity contribution in [2.45, 2.75) is 38.4 Å². The number of nitrogens with one attached hydrogen (secondary N) is 1. The molecule has 1 atom stereocenters. The fourth-order valence-corrected chi connectivity index (χ4v) is 2.23. The Morgan fingerprint density at radius 2 is 2.12 bits per heavy atom. The Bertz CT molecular complexity index is 283. The first kappa shape index (κ1) is 13.6. The van der Waals surface area contributed by atoms with Crippen LogP contribution in [0.1, 0.15) is 38.4 Å². The lowest BCUT2D eigenvalue weighted by Gasteiger charge is -2.26. The van der Waals surface area contributed by atoms with Crippen LogP contribution >= 0.6 is 11.3 Å². The molecule has 0 aliphatic carbocycles. The molecule has 0 aliphatic heterocycles. The van der Waals surface area contributed by atoms with E-state index in [0.717, 1.165) is 18.4 Å². The van der Waals surface area contributed by atoms with Crippen molar-refractivity contribution in [2.75, 3.05) is 13.1 Å². The van der Waals surface area contributed by atoms with Gasteiger partial charge in [0, 0.05) is 13.1 Å². The molecular formula is C12H21NO2S. The molecule has 4 heteroatoms. The van der Waals surface area contributed by atoms with Crippen LogP contribution in [0.25, 0.3) is 0 Å². The van der Waals surface area contributed by atoms with Gasteiger partial charge in [0.15, 0.2) is 0 Å². The molecule has 0 aliphatic rings. The van der Waals surface area contributed by atoms with Crippen molar-refractivity contribution >= 4 is 11.3 Å². The van der Waals surface area contributed by atoms with Gasteiger partial charge in [0.05, 0.1) is 11.7 Å². The second-order valence-electron chi connectivity index (χ2n) is 4.13. The summed E-state index contributed by atoms with van der Waals surface area (Å²) in [6, 6.07) is 1.92. The molecule has 92 valence electrons. The zero-order chi connectivity index (χ0) is 12.0. The van der Waals surface area contributed by atoms with Crippen LogP contribution < -0.4 is 5.32 Å². The molecule has 1 unspecified atom stereocenters. The highest BCUT2D eigenvalue weighted by molar-refractivity contribution is 7.07. The molecule has 16 heavy (non-hydrogen) atoms. The van der Waals surface area contributed by atoms with Gasteiger partial charge < -0.3 is 15.5 Å². The third-order valence-corrected chi connectivity index (χ3v) is 3.74. The quantitative estimate of drug-likeness (QED) is 0.686. The molecule has 0 spiro atoms. The molecule has 0 radical (unpaired) electrons. The van der Waals surface area contributed by atoms with Crippen LogP contribution in [-0.4, -0.2) is 28.9 Å². The Morgan fingerprint density at radius 1 is 1.44 bits per heavy atom. The number of aliphatic hydroxyl groups excluding tert-OH is 1. The van der Waals surface area contributed by atoms with Gasteiger partial charge in [-0.1, -0.05) is 13.8 Å². The van der Waals surface area contributed by atoms with E-state index in [9.17, 15) is 10.2 Å². The molecule has 0 aromatic carbocycles. The van der Waals surface area contributed by atoms with Gasteiger partial charge in [-0.2, -0.15) is 11.3 Å². The van der Waals surface area contributed by atoms with E-state index in [4.69, 9.17) is 0 Å². The Morgan fingerprint density at radius 3 is 2.62 bits per heavy atom. The van der Waals surface area contributed by atoms with Gasteiger partial charge in [0.25, 0.3) is 0 Å². The van der Waals surface area contributed by atoms with Gasteiger partial charge in [-0.05, 0) is 35.2 Å². The molecule has 3 nitrogen and oxygen atoms in total. The second-order valence-corrected chi connectivity index (χ2v) is 4.91. The molecule has 1 heterocycles. The molecule has 1 aromatic heterocycles. The number of hydrogen-bond acceptors (Lipinski definition) is 4. The van der Waals surface area contributed by atoms with Crippen LogP contribution in [0.15, 0.2) is 16.8 Å². The molecular weight excluding hydrogens is 222 g/mol. The van der Waals surface area contributed by atoms with Gasteiger partial charge >= 0.3 is 0 Å². The van der Waals surface area contributed by atoms with E-state index in [1.807, 2.05) is 30.7 Å². The van der Waals surface area contributed by atoms with E-state index in [1.54, 1.807) is 11.3 Å². The minimum absolute atomic E-state index is 0.482. The summed E-state index contributed by atoms with van der Waals surface area (Å²) >= 11 is 1.58. The summed E-state index contributed by atoms with van der Waals surface area (Å²) < 4.78 is 0. The largest absolute Gasteiger partial charge is 0.389 e. The van der Waals surface area contributed by atoms with Crippen molar-refractivity contribution in [3.05, 3.63) is 22.4 Å². The van der Waals surface area contributed by atoms with E-state index in [2.05, 4.69) is 5.32 Å². The Kier molecular flexibility index (Phi) is 5.41. The zero-order valence-corrected chi connectivity index (χ0v) is 10.8. The Balaban J connectivity index is 2.30. The normalized spacial score (nSPS) is 14.0. The predicted molar refractivity (Wildman–Crippen MR) is 67.7 cm³/mol. The number of aliphatic hydroxyl groups is 2. The standard InChI is InChI=1S/C12H21NO2S/c1-3-12(15,4-2)9-13-7-11(14)10-5-6-16-8-10/h5-6,8,11,13-15H,3-4,7,9H2,1-2H3. The predicted octanol–water partition coefficient (Wildman–Crippen LogP) is 1.92. The highest BCUT2D eigenvalue weighted by Crippen LogP contribution is 2.16. The van der Waals surface area contributed by atoms with E-state index in [-0.39, 0.29) is 0 Å². The van der Waals surface area contributed by atoms with E-state index >= 15 is 0 Å². The number of thiophene rings is 1. The average Bonchev–Trinajstić information content (AvgIpc) is 2.82. The highest BCUT2D eigenvalue weighted by Gasteiger charge is 2.21. The van der Waals surface area contributed by atoms with Gasteiger partial charge in [0.2, 0.25) is 0 Å². The summed E-state index contributed by atoms with van der Waals surface area (Å²) in [5.74, 6) is 0. The fourth-order valence-electron chi connectivity index (χ4n) is 1.52. The molecule has 0 amide bonds. The summed E-state index contributed by atoms with van der Waals surface area (Å²) in [6.45, 7) is 4.96. The minimum Gasteiger partial charge on any atom is -0.389 e. The Hall–Kier alpha value is -0.420. The minimum atomic E-state index is -0.644.